The highest BCUT2D eigenvalue weighted by molar-refractivity contribution is 7.08. The molecule has 0 spiro atoms. The number of carbonyl (C=O) groups is 1. The number of nitrogen functional groups attached to an aromatic ring is 1. The van der Waals surface area contributed by atoms with E-state index in [0.717, 1.165) is 22.4 Å². The lowest BCUT2D eigenvalue weighted by Crippen LogP contribution is -2.36. The summed E-state index contributed by atoms with van der Waals surface area (Å²) in [6.07, 6.45) is 0. The quantitative estimate of drug-likeness (QED) is 0.872. The SMILES string of the molecule is Cc1cscc1C(=O)N(Cc1ccc(N)cc1)C(C)C. The van der Waals surface area contributed by atoms with Gasteiger partial charge in [-0.1, -0.05) is 12.1 Å². The zero-order valence-corrected chi connectivity index (χ0v) is 12.9. The summed E-state index contributed by atoms with van der Waals surface area (Å²) in [6.45, 7) is 6.66. The largest absolute Gasteiger partial charge is 0.399 e. The van der Waals surface area contributed by atoms with E-state index >= 15 is 0 Å². The second kappa shape index (κ2) is 6.09. The Morgan fingerprint density at radius 1 is 1.25 bits per heavy atom. The average molecular weight is 288 g/mol. The fraction of sp³-hybridized carbons (Fsp3) is 0.312. The van der Waals surface area contributed by atoms with Crippen LogP contribution in [0.4, 0.5) is 5.69 Å². The highest BCUT2D eigenvalue weighted by Gasteiger charge is 2.21. The number of nitrogens with zero attached hydrogens (tertiary/aromatic N) is 1. The highest BCUT2D eigenvalue weighted by atomic mass is 32.1. The van der Waals surface area contributed by atoms with E-state index in [2.05, 4.69) is 0 Å². The lowest BCUT2D eigenvalue weighted by atomic mass is 10.1. The third-order valence-corrected chi connectivity index (χ3v) is 4.16. The molecule has 20 heavy (non-hydrogen) atoms. The Kier molecular flexibility index (Phi) is 4.45. The summed E-state index contributed by atoms with van der Waals surface area (Å²) >= 11 is 1.57. The summed E-state index contributed by atoms with van der Waals surface area (Å²) in [4.78, 5) is 14.5. The maximum absolute atomic E-state index is 12.6. The summed E-state index contributed by atoms with van der Waals surface area (Å²) in [5.41, 5.74) is 9.38. The molecule has 106 valence electrons. The van der Waals surface area contributed by atoms with Gasteiger partial charge in [-0.2, -0.15) is 11.3 Å². The number of anilines is 1. The Labute approximate surface area is 124 Å². The number of aryl methyl sites for hydroxylation is 1. The van der Waals surface area contributed by atoms with E-state index in [4.69, 9.17) is 5.73 Å². The maximum atomic E-state index is 12.6. The zero-order chi connectivity index (χ0) is 14.7. The highest BCUT2D eigenvalue weighted by Crippen LogP contribution is 2.19. The van der Waals surface area contributed by atoms with Gasteiger partial charge in [-0.3, -0.25) is 4.79 Å². The Morgan fingerprint density at radius 2 is 1.90 bits per heavy atom. The minimum atomic E-state index is 0.0931. The van der Waals surface area contributed by atoms with Crippen molar-refractivity contribution in [2.75, 3.05) is 5.73 Å². The second-order valence-corrected chi connectivity index (χ2v) is 5.98. The number of hydrogen-bond acceptors (Lipinski definition) is 3. The van der Waals surface area contributed by atoms with Gasteiger partial charge in [0.1, 0.15) is 0 Å². The van der Waals surface area contributed by atoms with Crippen LogP contribution in [0.25, 0.3) is 0 Å². The van der Waals surface area contributed by atoms with Crippen molar-refractivity contribution in [2.45, 2.75) is 33.4 Å². The first-order valence-corrected chi connectivity index (χ1v) is 7.61. The van der Waals surface area contributed by atoms with Gasteiger partial charge in [0.2, 0.25) is 0 Å². The number of thiophene rings is 1. The van der Waals surface area contributed by atoms with Crippen LogP contribution < -0.4 is 5.73 Å². The molecule has 0 atom stereocenters. The number of rotatable bonds is 4. The van der Waals surface area contributed by atoms with Crippen LogP contribution >= 0.6 is 11.3 Å². The van der Waals surface area contributed by atoms with E-state index in [1.54, 1.807) is 11.3 Å². The molecule has 0 unspecified atom stereocenters. The van der Waals surface area contributed by atoms with Gasteiger partial charge in [0.15, 0.2) is 0 Å². The van der Waals surface area contributed by atoms with Gasteiger partial charge in [0.05, 0.1) is 5.56 Å². The van der Waals surface area contributed by atoms with Crippen molar-refractivity contribution in [1.82, 2.24) is 4.90 Å². The van der Waals surface area contributed by atoms with Crippen molar-refractivity contribution in [3.63, 3.8) is 0 Å². The smallest absolute Gasteiger partial charge is 0.255 e. The summed E-state index contributed by atoms with van der Waals surface area (Å²) in [5.74, 6) is 0.0931. The van der Waals surface area contributed by atoms with E-state index in [9.17, 15) is 4.79 Å². The standard InChI is InChI=1S/C16H20N2OS/c1-11(2)18(8-13-4-6-14(17)7-5-13)16(19)15-10-20-9-12(15)3/h4-7,9-11H,8,17H2,1-3H3. The molecule has 2 aromatic rings. The third kappa shape index (κ3) is 3.20. The van der Waals surface area contributed by atoms with Crippen molar-refractivity contribution in [3.8, 4) is 0 Å². The molecular formula is C16H20N2OS. The summed E-state index contributed by atoms with van der Waals surface area (Å²) in [5, 5.41) is 3.94. The second-order valence-electron chi connectivity index (χ2n) is 5.24. The monoisotopic (exact) mass is 288 g/mol. The van der Waals surface area contributed by atoms with Crippen molar-refractivity contribution in [1.29, 1.82) is 0 Å². The molecule has 0 aliphatic carbocycles. The summed E-state index contributed by atoms with van der Waals surface area (Å²) in [7, 11) is 0. The topological polar surface area (TPSA) is 46.3 Å². The minimum Gasteiger partial charge on any atom is -0.399 e. The van der Waals surface area contributed by atoms with Gasteiger partial charge < -0.3 is 10.6 Å². The average Bonchev–Trinajstić information content (AvgIpc) is 2.83. The summed E-state index contributed by atoms with van der Waals surface area (Å²) < 4.78 is 0. The van der Waals surface area contributed by atoms with Crippen LogP contribution in [0, 0.1) is 6.92 Å². The van der Waals surface area contributed by atoms with Crippen LogP contribution in [-0.2, 0) is 6.54 Å². The van der Waals surface area contributed by atoms with Gasteiger partial charge in [-0.15, -0.1) is 0 Å². The molecule has 1 aromatic heterocycles. The first-order valence-electron chi connectivity index (χ1n) is 6.67. The van der Waals surface area contributed by atoms with Crippen LogP contribution in [0.3, 0.4) is 0 Å². The van der Waals surface area contributed by atoms with Crippen molar-refractivity contribution >= 4 is 22.9 Å². The van der Waals surface area contributed by atoms with Crippen molar-refractivity contribution in [2.24, 2.45) is 0 Å². The number of amides is 1. The lowest BCUT2D eigenvalue weighted by molar-refractivity contribution is 0.0690. The molecule has 3 nitrogen and oxygen atoms in total. The van der Waals surface area contributed by atoms with Gasteiger partial charge in [0, 0.05) is 23.7 Å². The maximum Gasteiger partial charge on any atom is 0.255 e. The van der Waals surface area contributed by atoms with E-state index in [-0.39, 0.29) is 11.9 Å². The molecule has 0 aliphatic rings. The Balaban J connectivity index is 2.21. The van der Waals surface area contributed by atoms with Crippen molar-refractivity contribution < 1.29 is 4.79 Å². The van der Waals surface area contributed by atoms with E-state index in [0.29, 0.717) is 6.54 Å². The number of nitrogens with two attached hydrogens (primary N) is 1. The van der Waals surface area contributed by atoms with E-state index in [1.165, 1.54) is 0 Å². The van der Waals surface area contributed by atoms with Crippen LogP contribution in [-0.4, -0.2) is 16.8 Å². The predicted molar refractivity (Wildman–Crippen MR) is 84.9 cm³/mol. The molecule has 0 saturated heterocycles. The molecule has 0 radical (unpaired) electrons. The lowest BCUT2D eigenvalue weighted by Gasteiger charge is -2.27. The molecule has 0 bridgehead atoms. The number of benzene rings is 1. The van der Waals surface area contributed by atoms with Crippen LogP contribution in [0.1, 0.15) is 35.3 Å². The molecule has 0 saturated carbocycles. The molecule has 1 aromatic carbocycles. The Hall–Kier alpha value is -1.81. The molecular weight excluding hydrogens is 268 g/mol. The third-order valence-electron chi connectivity index (χ3n) is 3.30. The first kappa shape index (κ1) is 14.6. The minimum absolute atomic E-state index is 0.0931. The van der Waals surface area contributed by atoms with Gasteiger partial charge in [-0.25, -0.2) is 0 Å². The fourth-order valence-corrected chi connectivity index (χ4v) is 2.86. The molecule has 1 amide bonds. The molecule has 1 heterocycles. The van der Waals surface area contributed by atoms with Gasteiger partial charge in [-0.05, 0) is 49.4 Å². The molecule has 2 N–H and O–H groups in total. The molecule has 2 rings (SSSR count). The number of hydrogen-bond donors (Lipinski definition) is 1. The van der Waals surface area contributed by atoms with E-state index in [1.807, 2.05) is 60.7 Å². The number of carbonyl (C=O) groups excluding carboxylic acids is 1. The predicted octanol–water partition coefficient (Wildman–Crippen LogP) is 3.69. The Morgan fingerprint density at radius 3 is 2.40 bits per heavy atom. The Bertz CT molecular complexity index is 587. The van der Waals surface area contributed by atoms with E-state index < -0.39 is 0 Å². The van der Waals surface area contributed by atoms with Gasteiger partial charge >= 0.3 is 0 Å². The van der Waals surface area contributed by atoms with Crippen LogP contribution in [0.5, 0.6) is 0 Å². The zero-order valence-electron chi connectivity index (χ0n) is 12.1. The molecule has 4 heteroatoms. The van der Waals surface area contributed by atoms with Crippen molar-refractivity contribution in [3.05, 3.63) is 51.7 Å². The molecule has 0 fully saturated rings. The normalized spacial score (nSPS) is 10.8. The fourth-order valence-electron chi connectivity index (χ4n) is 2.04. The van der Waals surface area contributed by atoms with Crippen LogP contribution in [0.15, 0.2) is 35.0 Å². The molecule has 0 aliphatic heterocycles. The van der Waals surface area contributed by atoms with Gasteiger partial charge in [0.25, 0.3) is 5.91 Å². The van der Waals surface area contributed by atoms with Crippen LogP contribution in [0.2, 0.25) is 0 Å². The summed E-state index contributed by atoms with van der Waals surface area (Å²) in [6, 6.07) is 7.83. The first-order chi connectivity index (χ1) is 9.49.